The maximum absolute atomic E-state index is 13.0. The van der Waals surface area contributed by atoms with Crippen LogP contribution in [0.15, 0.2) is 30.3 Å². The number of urea groups is 1. The van der Waals surface area contributed by atoms with E-state index in [9.17, 15) is 14.3 Å². The molecule has 1 aliphatic rings. The van der Waals surface area contributed by atoms with E-state index in [2.05, 4.69) is 10.4 Å². The molecule has 6 nitrogen and oxygen atoms in total. The topological polar surface area (TPSA) is 70.4 Å². The van der Waals surface area contributed by atoms with Gasteiger partial charge in [0, 0.05) is 24.8 Å². The molecule has 1 aromatic heterocycles. The van der Waals surface area contributed by atoms with Gasteiger partial charge in [-0.15, -0.1) is 0 Å². The monoisotopic (exact) mass is 332 g/mol. The summed E-state index contributed by atoms with van der Waals surface area (Å²) in [6.45, 7) is 2.06. The lowest BCUT2D eigenvalue weighted by Gasteiger charge is -2.25. The van der Waals surface area contributed by atoms with E-state index in [4.69, 9.17) is 0 Å². The lowest BCUT2D eigenvalue weighted by atomic mass is 10.1. The molecule has 1 aromatic carbocycles. The minimum absolute atomic E-state index is 0.130. The molecule has 1 saturated carbocycles. The summed E-state index contributed by atoms with van der Waals surface area (Å²) in [5, 5.41) is 17.3. The van der Waals surface area contributed by atoms with Crippen molar-refractivity contribution in [2.24, 2.45) is 7.05 Å². The summed E-state index contributed by atoms with van der Waals surface area (Å²) in [7, 11) is 1.81. The van der Waals surface area contributed by atoms with Crippen molar-refractivity contribution in [1.82, 2.24) is 14.7 Å². The molecule has 2 amide bonds. The summed E-state index contributed by atoms with van der Waals surface area (Å²) in [6.07, 6.45) is 0.984. The minimum Gasteiger partial charge on any atom is -0.387 e. The molecule has 3 rings (SSSR count). The Morgan fingerprint density at radius 1 is 1.46 bits per heavy atom. The molecule has 1 aliphatic carbocycles. The number of carbonyl (C=O) groups is 1. The highest BCUT2D eigenvalue weighted by Crippen LogP contribution is 2.29. The van der Waals surface area contributed by atoms with Crippen molar-refractivity contribution in [3.63, 3.8) is 0 Å². The smallest absolute Gasteiger partial charge is 0.323 e. The Balaban J connectivity index is 1.67. The van der Waals surface area contributed by atoms with Gasteiger partial charge in [-0.05, 0) is 37.5 Å². The number of aromatic nitrogens is 2. The Kier molecular flexibility index (Phi) is 4.53. The largest absolute Gasteiger partial charge is 0.387 e. The number of hydrogen-bond donors (Lipinski definition) is 2. The first-order valence-corrected chi connectivity index (χ1v) is 7.96. The Hall–Kier alpha value is -2.41. The number of aliphatic hydroxyl groups excluding tert-OH is 1. The number of nitrogens with one attached hydrogen (secondary N) is 1. The Bertz CT molecular complexity index is 705. The van der Waals surface area contributed by atoms with E-state index in [-0.39, 0.29) is 24.4 Å². The van der Waals surface area contributed by atoms with Gasteiger partial charge < -0.3 is 10.0 Å². The lowest BCUT2D eigenvalue weighted by molar-refractivity contribution is 0.123. The van der Waals surface area contributed by atoms with Gasteiger partial charge in [0.25, 0.3) is 0 Å². The third kappa shape index (κ3) is 3.73. The molecule has 1 fully saturated rings. The van der Waals surface area contributed by atoms with E-state index < -0.39 is 6.10 Å². The zero-order valence-corrected chi connectivity index (χ0v) is 13.7. The van der Waals surface area contributed by atoms with E-state index in [1.807, 2.05) is 14.0 Å². The van der Waals surface area contributed by atoms with E-state index in [1.165, 1.54) is 24.3 Å². The number of nitrogens with zero attached hydrogens (tertiary/aromatic N) is 3. The van der Waals surface area contributed by atoms with Crippen molar-refractivity contribution in [2.45, 2.75) is 31.9 Å². The number of aliphatic hydroxyl groups is 1. The summed E-state index contributed by atoms with van der Waals surface area (Å²) < 4.78 is 14.7. The molecule has 0 saturated heterocycles. The van der Waals surface area contributed by atoms with Crippen LogP contribution in [0.2, 0.25) is 0 Å². The zero-order chi connectivity index (χ0) is 17.3. The highest BCUT2D eigenvalue weighted by Gasteiger charge is 2.34. The summed E-state index contributed by atoms with van der Waals surface area (Å²) in [4.78, 5) is 14.2. The molecule has 0 radical (unpaired) electrons. The van der Waals surface area contributed by atoms with E-state index in [0.717, 1.165) is 18.5 Å². The molecule has 2 aromatic rings. The van der Waals surface area contributed by atoms with Gasteiger partial charge in [0.1, 0.15) is 5.82 Å². The molecule has 7 heteroatoms. The molecule has 1 atom stereocenters. The maximum Gasteiger partial charge on any atom is 0.323 e. The summed E-state index contributed by atoms with van der Waals surface area (Å²) >= 11 is 0. The first kappa shape index (κ1) is 16.4. The number of rotatable bonds is 5. The summed E-state index contributed by atoms with van der Waals surface area (Å²) in [5.41, 5.74) is 1.53. The van der Waals surface area contributed by atoms with E-state index in [0.29, 0.717) is 11.4 Å². The van der Waals surface area contributed by atoms with Crippen molar-refractivity contribution in [1.29, 1.82) is 0 Å². The van der Waals surface area contributed by atoms with Crippen LogP contribution in [0.3, 0.4) is 0 Å². The number of halogens is 1. The van der Waals surface area contributed by atoms with Crippen LogP contribution < -0.4 is 5.32 Å². The third-order valence-corrected chi connectivity index (χ3v) is 4.22. The lowest BCUT2D eigenvalue weighted by Crippen LogP contribution is -2.39. The van der Waals surface area contributed by atoms with Crippen molar-refractivity contribution in [2.75, 3.05) is 11.9 Å². The molecule has 24 heavy (non-hydrogen) atoms. The Morgan fingerprint density at radius 3 is 2.67 bits per heavy atom. The number of anilines is 1. The second-order valence-corrected chi connectivity index (χ2v) is 6.18. The first-order valence-electron chi connectivity index (χ1n) is 7.96. The average Bonchev–Trinajstić information content (AvgIpc) is 3.32. The van der Waals surface area contributed by atoms with Crippen LogP contribution in [0.5, 0.6) is 0 Å². The molecule has 1 unspecified atom stereocenters. The van der Waals surface area contributed by atoms with Crippen LogP contribution >= 0.6 is 0 Å². The first-order chi connectivity index (χ1) is 11.4. The zero-order valence-electron chi connectivity index (χ0n) is 13.7. The predicted octanol–water partition coefficient (Wildman–Crippen LogP) is 2.60. The molecule has 0 spiro atoms. The van der Waals surface area contributed by atoms with Gasteiger partial charge in [-0.3, -0.25) is 10.00 Å². The molecule has 0 aliphatic heterocycles. The van der Waals surface area contributed by atoms with Crippen LogP contribution in [0.4, 0.5) is 15.0 Å². The van der Waals surface area contributed by atoms with Crippen molar-refractivity contribution in [3.8, 4) is 0 Å². The third-order valence-electron chi connectivity index (χ3n) is 4.22. The summed E-state index contributed by atoms with van der Waals surface area (Å²) in [5.74, 6) is 0.134. The molecule has 1 heterocycles. The van der Waals surface area contributed by atoms with Crippen molar-refractivity contribution in [3.05, 3.63) is 47.4 Å². The van der Waals surface area contributed by atoms with Crippen LogP contribution in [0.1, 0.15) is 30.2 Å². The van der Waals surface area contributed by atoms with Crippen molar-refractivity contribution < 1.29 is 14.3 Å². The maximum atomic E-state index is 13.0. The minimum atomic E-state index is -0.859. The molecular weight excluding hydrogens is 311 g/mol. The van der Waals surface area contributed by atoms with Crippen LogP contribution in [-0.4, -0.2) is 38.4 Å². The fourth-order valence-corrected chi connectivity index (χ4v) is 2.56. The standard InChI is InChI=1S/C17H21FN4O2/c1-11-9-16(20-21(11)2)19-17(24)22(14-7-8-14)10-15(23)12-3-5-13(18)6-4-12/h3-6,9,14-15,23H,7-8,10H2,1-2H3,(H,19,20,24). The fourth-order valence-electron chi connectivity index (χ4n) is 2.56. The number of amides is 2. The van der Waals surface area contributed by atoms with Gasteiger partial charge in [0.15, 0.2) is 5.82 Å². The highest BCUT2D eigenvalue weighted by atomic mass is 19.1. The Labute approximate surface area is 139 Å². The average molecular weight is 332 g/mol. The van der Waals surface area contributed by atoms with Crippen LogP contribution in [-0.2, 0) is 7.05 Å². The van der Waals surface area contributed by atoms with Gasteiger partial charge in [-0.25, -0.2) is 9.18 Å². The van der Waals surface area contributed by atoms with E-state index in [1.54, 1.807) is 15.6 Å². The van der Waals surface area contributed by atoms with Gasteiger partial charge in [-0.1, -0.05) is 12.1 Å². The number of hydrogen-bond acceptors (Lipinski definition) is 3. The molecule has 128 valence electrons. The normalized spacial score (nSPS) is 15.2. The number of carbonyl (C=O) groups excluding carboxylic acids is 1. The van der Waals surface area contributed by atoms with Gasteiger partial charge >= 0.3 is 6.03 Å². The second kappa shape index (κ2) is 6.60. The van der Waals surface area contributed by atoms with Gasteiger partial charge in [0.05, 0.1) is 12.6 Å². The highest BCUT2D eigenvalue weighted by molar-refractivity contribution is 5.88. The van der Waals surface area contributed by atoms with Gasteiger partial charge in [0.2, 0.25) is 0 Å². The van der Waals surface area contributed by atoms with Crippen molar-refractivity contribution >= 4 is 11.8 Å². The fraction of sp³-hybridized carbons (Fsp3) is 0.412. The van der Waals surface area contributed by atoms with Gasteiger partial charge in [-0.2, -0.15) is 5.10 Å². The summed E-state index contributed by atoms with van der Waals surface area (Å²) in [6, 6.07) is 7.31. The number of aryl methyl sites for hydroxylation is 2. The second-order valence-electron chi connectivity index (χ2n) is 6.18. The molecular formula is C17H21FN4O2. The molecule has 0 bridgehead atoms. The van der Waals surface area contributed by atoms with Crippen LogP contribution in [0.25, 0.3) is 0 Å². The predicted molar refractivity (Wildman–Crippen MR) is 88.1 cm³/mol. The Morgan fingerprint density at radius 2 is 2.12 bits per heavy atom. The van der Waals surface area contributed by atoms with E-state index >= 15 is 0 Å². The van der Waals surface area contributed by atoms with Crippen LogP contribution in [0, 0.1) is 12.7 Å². The molecule has 2 N–H and O–H groups in total. The quantitative estimate of drug-likeness (QED) is 0.884. The SMILES string of the molecule is Cc1cc(NC(=O)N(CC(O)c2ccc(F)cc2)C2CC2)nn1C. The number of benzene rings is 1.